The molecule has 1 saturated carbocycles. The minimum Gasteiger partial charge on any atom is -0.334 e. The van der Waals surface area contributed by atoms with Crippen LogP contribution in [0.3, 0.4) is 0 Å². The zero-order valence-corrected chi connectivity index (χ0v) is 12.3. The van der Waals surface area contributed by atoms with Crippen LogP contribution in [-0.4, -0.2) is 28.9 Å². The highest BCUT2D eigenvalue weighted by Gasteiger charge is 2.42. The molecule has 3 nitrogen and oxygen atoms in total. The Bertz CT molecular complexity index is 433. The average molecular weight is 278 g/mol. The van der Waals surface area contributed by atoms with Crippen LogP contribution in [0.25, 0.3) is 0 Å². The number of nitrogens with zero attached hydrogens (tertiary/aromatic N) is 1. The Morgan fingerprint density at radius 1 is 1.53 bits per heavy atom. The van der Waals surface area contributed by atoms with Gasteiger partial charge in [-0.2, -0.15) is 11.3 Å². The van der Waals surface area contributed by atoms with Crippen LogP contribution in [0, 0.1) is 0 Å². The number of carbonyl (C=O) groups excluding carboxylic acids is 1. The Morgan fingerprint density at radius 3 is 2.95 bits per heavy atom. The van der Waals surface area contributed by atoms with Gasteiger partial charge in [-0.3, -0.25) is 4.79 Å². The van der Waals surface area contributed by atoms with Gasteiger partial charge < -0.3 is 10.2 Å². The summed E-state index contributed by atoms with van der Waals surface area (Å²) in [7, 11) is 0. The number of piperidine rings is 1. The summed E-state index contributed by atoms with van der Waals surface area (Å²) < 4.78 is 0. The Hall–Kier alpha value is -0.870. The summed E-state index contributed by atoms with van der Waals surface area (Å²) in [6.07, 6.45) is 5.67. The molecule has 1 aromatic rings. The van der Waals surface area contributed by atoms with E-state index in [9.17, 15) is 4.79 Å². The molecule has 1 amide bonds. The molecule has 3 rings (SSSR count). The lowest BCUT2D eigenvalue weighted by atomic mass is 9.89. The molecular formula is C15H22N2OS. The fourth-order valence-electron chi connectivity index (χ4n) is 2.89. The normalized spacial score (nSPS) is 27.2. The summed E-state index contributed by atoms with van der Waals surface area (Å²) in [5.41, 5.74) is 0.932. The van der Waals surface area contributed by atoms with E-state index in [0.717, 1.165) is 25.9 Å². The highest BCUT2D eigenvalue weighted by Crippen LogP contribution is 2.32. The first-order chi connectivity index (χ1) is 9.19. The molecule has 1 unspecified atom stereocenters. The van der Waals surface area contributed by atoms with Crippen molar-refractivity contribution in [2.75, 3.05) is 6.54 Å². The van der Waals surface area contributed by atoms with Gasteiger partial charge in [0.15, 0.2) is 0 Å². The fraction of sp³-hybridized carbons (Fsp3) is 0.667. The van der Waals surface area contributed by atoms with Crippen molar-refractivity contribution in [2.45, 2.75) is 57.2 Å². The second-order valence-electron chi connectivity index (χ2n) is 6.01. The van der Waals surface area contributed by atoms with Crippen molar-refractivity contribution in [1.29, 1.82) is 0 Å². The zero-order valence-electron chi connectivity index (χ0n) is 11.5. The molecule has 1 aliphatic heterocycles. The Kier molecular flexibility index (Phi) is 3.63. The van der Waals surface area contributed by atoms with Gasteiger partial charge in [0.1, 0.15) is 0 Å². The van der Waals surface area contributed by atoms with Crippen molar-refractivity contribution in [3.8, 4) is 0 Å². The maximum atomic E-state index is 12.9. The molecule has 1 atom stereocenters. The minimum atomic E-state index is -0.336. The van der Waals surface area contributed by atoms with Crippen LogP contribution in [-0.2, 0) is 11.3 Å². The van der Waals surface area contributed by atoms with Gasteiger partial charge in [-0.1, -0.05) is 0 Å². The monoisotopic (exact) mass is 278 g/mol. The molecule has 2 aliphatic rings. The lowest BCUT2D eigenvalue weighted by molar-refractivity contribution is -0.140. The molecule has 2 heterocycles. The number of nitrogens with one attached hydrogen (secondary N) is 1. The van der Waals surface area contributed by atoms with Crippen molar-refractivity contribution >= 4 is 17.2 Å². The van der Waals surface area contributed by atoms with Crippen LogP contribution in [0.1, 0.15) is 44.6 Å². The predicted octanol–water partition coefficient (Wildman–Crippen LogP) is 2.77. The quantitative estimate of drug-likeness (QED) is 0.918. The van der Waals surface area contributed by atoms with Crippen LogP contribution in [0.15, 0.2) is 16.8 Å². The second-order valence-corrected chi connectivity index (χ2v) is 6.79. The number of amides is 1. The van der Waals surface area contributed by atoms with Crippen LogP contribution in [0.2, 0.25) is 0 Å². The van der Waals surface area contributed by atoms with Crippen molar-refractivity contribution in [2.24, 2.45) is 0 Å². The third-order valence-electron chi connectivity index (χ3n) is 4.27. The van der Waals surface area contributed by atoms with E-state index < -0.39 is 0 Å². The van der Waals surface area contributed by atoms with Crippen molar-refractivity contribution in [3.05, 3.63) is 22.4 Å². The van der Waals surface area contributed by atoms with Crippen LogP contribution in [0.4, 0.5) is 0 Å². The summed E-state index contributed by atoms with van der Waals surface area (Å²) in [5.74, 6) is 0.306. The maximum absolute atomic E-state index is 12.9. The molecule has 4 heteroatoms. The molecule has 0 spiro atoms. The molecule has 104 valence electrons. The highest BCUT2D eigenvalue weighted by molar-refractivity contribution is 7.07. The molecule has 1 N–H and O–H groups in total. The molecule has 0 bridgehead atoms. The van der Waals surface area contributed by atoms with Gasteiger partial charge in [-0.15, -0.1) is 0 Å². The molecule has 2 fully saturated rings. The number of rotatable bonds is 4. The molecule has 1 aromatic heterocycles. The average Bonchev–Trinajstić information content (AvgIpc) is 3.13. The van der Waals surface area contributed by atoms with Crippen molar-refractivity contribution < 1.29 is 4.79 Å². The number of thiophene rings is 1. The third kappa shape index (κ3) is 2.84. The summed E-state index contributed by atoms with van der Waals surface area (Å²) in [4.78, 5) is 15.0. The van der Waals surface area contributed by atoms with Crippen molar-refractivity contribution in [1.82, 2.24) is 10.2 Å². The largest absolute Gasteiger partial charge is 0.334 e. The van der Waals surface area contributed by atoms with E-state index in [2.05, 4.69) is 34.0 Å². The standard InChI is InChI=1S/C15H22N2OS/c1-15(7-2-3-8-16-15)14(18)17(13-4-5-13)10-12-6-9-19-11-12/h6,9,11,13,16H,2-5,7-8,10H2,1H3. The molecular weight excluding hydrogens is 256 g/mol. The van der Waals surface area contributed by atoms with E-state index in [0.29, 0.717) is 11.9 Å². The number of hydrogen-bond donors (Lipinski definition) is 1. The molecule has 0 aromatic carbocycles. The van der Waals surface area contributed by atoms with Crippen LogP contribution >= 0.6 is 11.3 Å². The Balaban J connectivity index is 1.74. The summed E-state index contributed by atoms with van der Waals surface area (Å²) >= 11 is 1.71. The summed E-state index contributed by atoms with van der Waals surface area (Å²) in [5, 5.41) is 7.69. The zero-order chi connectivity index (χ0) is 13.3. The van der Waals surface area contributed by atoms with Gasteiger partial charge >= 0.3 is 0 Å². The van der Waals surface area contributed by atoms with E-state index >= 15 is 0 Å². The predicted molar refractivity (Wildman–Crippen MR) is 78.1 cm³/mol. The lowest BCUT2D eigenvalue weighted by Gasteiger charge is -2.38. The summed E-state index contributed by atoms with van der Waals surface area (Å²) in [6.45, 7) is 3.83. The molecule has 1 saturated heterocycles. The van der Waals surface area contributed by atoms with Gasteiger partial charge in [-0.25, -0.2) is 0 Å². The van der Waals surface area contributed by atoms with E-state index in [-0.39, 0.29) is 5.54 Å². The summed E-state index contributed by atoms with van der Waals surface area (Å²) in [6, 6.07) is 2.61. The number of carbonyl (C=O) groups is 1. The van der Waals surface area contributed by atoms with Crippen molar-refractivity contribution in [3.63, 3.8) is 0 Å². The van der Waals surface area contributed by atoms with E-state index in [1.807, 2.05) is 0 Å². The Morgan fingerprint density at radius 2 is 2.37 bits per heavy atom. The molecule has 19 heavy (non-hydrogen) atoms. The minimum absolute atomic E-state index is 0.306. The maximum Gasteiger partial charge on any atom is 0.243 e. The number of hydrogen-bond acceptors (Lipinski definition) is 3. The first-order valence-corrected chi connectivity index (χ1v) is 8.20. The smallest absolute Gasteiger partial charge is 0.243 e. The fourth-order valence-corrected chi connectivity index (χ4v) is 3.55. The van der Waals surface area contributed by atoms with Gasteiger partial charge in [0.2, 0.25) is 5.91 Å². The van der Waals surface area contributed by atoms with E-state index in [1.165, 1.54) is 24.8 Å². The topological polar surface area (TPSA) is 32.3 Å². The third-order valence-corrected chi connectivity index (χ3v) is 5.00. The van der Waals surface area contributed by atoms with Gasteiger partial charge in [0, 0.05) is 12.6 Å². The lowest BCUT2D eigenvalue weighted by Crippen LogP contribution is -2.58. The highest BCUT2D eigenvalue weighted by atomic mass is 32.1. The molecule has 0 radical (unpaired) electrons. The van der Waals surface area contributed by atoms with E-state index in [1.54, 1.807) is 11.3 Å². The van der Waals surface area contributed by atoms with Crippen LogP contribution < -0.4 is 5.32 Å². The van der Waals surface area contributed by atoms with Gasteiger partial charge in [0.25, 0.3) is 0 Å². The van der Waals surface area contributed by atoms with E-state index in [4.69, 9.17) is 0 Å². The first kappa shape index (κ1) is 13.1. The first-order valence-electron chi connectivity index (χ1n) is 7.26. The Labute approximate surface area is 119 Å². The van der Waals surface area contributed by atoms with Gasteiger partial charge in [0.05, 0.1) is 5.54 Å². The molecule has 1 aliphatic carbocycles. The SMILES string of the molecule is CC1(C(=O)N(Cc2ccsc2)C2CC2)CCCCN1. The second kappa shape index (κ2) is 5.25. The van der Waals surface area contributed by atoms with Gasteiger partial charge in [-0.05, 0) is 68.0 Å². The van der Waals surface area contributed by atoms with Crippen LogP contribution in [0.5, 0.6) is 0 Å².